The summed E-state index contributed by atoms with van der Waals surface area (Å²) in [5.74, 6) is 1.36. The molecular formula is C19H27N3O4. The first-order chi connectivity index (χ1) is 12.6. The van der Waals surface area contributed by atoms with Crippen molar-refractivity contribution in [2.75, 3.05) is 44.7 Å². The van der Waals surface area contributed by atoms with Gasteiger partial charge in [-0.3, -0.25) is 4.79 Å². The molecule has 0 saturated carbocycles. The van der Waals surface area contributed by atoms with Crippen molar-refractivity contribution in [1.82, 2.24) is 9.80 Å². The van der Waals surface area contributed by atoms with Gasteiger partial charge in [-0.1, -0.05) is 0 Å². The number of nitrogens with one attached hydrogen (secondary N) is 1. The highest BCUT2D eigenvalue weighted by Gasteiger charge is 2.30. The lowest BCUT2D eigenvalue weighted by atomic mass is 9.96. The first-order valence-corrected chi connectivity index (χ1v) is 9.36. The van der Waals surface area contributed by atoms with E-state index in [1.54, 1.807) is 23.1 Å². The molecule has 26 heavy (non-hydrogen) atoms. The van der Waals surface area contributed by atoms with E-state index in [0.29, 0.717) is 56.6 Å². The van der Waals surface area contributed by atoms with Crippen LogP contribution in [0.4, 0.5) is 10.5 Å². The number of benzene rings is 1. The summed E-state index contributed by atoms with van der Waals surface area (Å²) in [5, 5.41) is 2.90. The monoisotopic (exact) mass is 361 g/mol. The van der Waals surface area contributed by atoms with Gasteiger partial charge in [-0.25, -0.2) is 4.79 Å². The number of amides is 3. The minimum atomic E-state index is -0.182. The van der Waals surface area contributed by atoms with E-state index in [1.807, 2.05) is 18.7 Å². The molecule has 1 unspecified atom stereocenters. The summed E-state index contributed by atoms with van der Waals surface area (Å²) < 4.78 is 11.0. The number of likely N-dealkylation sites (tertiary alicyclic amines) is 1. The Morgan fingerprint density at radius 3 is 2.65 bits per heavy atom. The lowest BCUT2D eigenvalue weighted by Gasteiger charge is -2.34. The van der Waals surface area contributed by atoms with Crippen LogP contribution in [-0.4, -0.2) is 61.1 Å². The molecule has 142 valence electrons. The van der Waals surface area contributed by atoms with Gasteiger partial charge in [-0.2, -0.15) is 0 Å². The Morgan fingerprint density at radius 1 is 1.19 bits per heavy atom. The van der Waals surface area contributed by atoms with Crippen molar-refractivity contribution < 1.29 is 19.1 Å². The van der Waals surface area contributed by atoms with E-state index in [4.69, 9.17) is 9.47 Å². The SMILES string of the molecule is CCN(CC)C(=O)C1CCCN(C(=O)Nc2ccc3c(c2)OCCO3)C1. The van der Waals surface area contributed by atoms with Crippen molar-refractivity contribution in [3.05, 3.63) is 18.2 Å². The average Bonchev–Trinajstić information content (AvgIpc) is 2.69. The number of urea groups is 1. The van der Waals surface area contributed by atoms with Crippen LogP contribution in [0, 0.1) is 5.92 Å². The number of hydrogen-bond donors (Lipinski definition) is 1. The topological polar surface area (TPSA) is 71.1 Å². The van der Waals surface area contributed by atoms with Crippen molar-refractivity contribution in [3.8, 4) is 11.5 Å². The van der Waals surface area contributed by atoms with Gasteiger partial charge in [-0.05, 0) is 38.8 Å². The Bertz CT molecular complexity index is 660. The number of ether oxygens (including phenoxy) is 2. The standard InChI is InChI=1S/C19H27N3O4/c1-3-21(4-2)18(23)14-6-5-9-22(13-14)19(24)20-15-7-8-16-17(12-15)26-11-10-25-16/h7-8,12,14H,3-6,9-11,13H2,1-2H3,(H,20,24). The zero-order valence-electron chi connectivity index (χ0n) is 15.5. The van der Waals surface area contributed by atoms with E-state index in [9.17, 15) is 9.59 Å². The first-order valence-electron chi connectivity index (χ1n) is 9.36. The second-order valence-electron chi connectivity index (χ2n) is 6.58. The molecule has 2 aliphatic heterocycles. The molecule has 3 amide bonds. The smallest absolute Gasteiger partial charge is 0.321 e. The minimum Gasteiger partial charge on any atom is -0.486 e. The molecule has 2 aliphatic rings. The Labute approximate surface area is 154 Å². The molecule has 1 saturated heterocycles. The molecule has 0 radical (unpaired) electrons. The highest BCUT2D eigenvalue weighted by atomic mass is 16.6. The third kappa shape index (κ3) is 4.03. The Balaban J connectivity index is 1.61. The number of anilines is 1. The van der Waals surface area contributed by atoms with Crippen LogP contribution in [0.1, 0.15) is 26.7 Å². The second kappa shape index (κ2) is 8.29. The predicted molar refractivity (Wildman–Crippen MR) is 98.7 cm³/mol. The summed E-state index contributed by atoms with van der Waals surface area (Å²) in [7, 11) is 0. The van der Waals surface area contributed by atoms with E-state index >= 15 is 0 Å². The van der Waals surface area contributed by atoms with Crippen molar-refractivity contribution >= 4 is 17.6 Å². The number of carbonyl (C=O) groups excluding carboxylic acids is 2. The van der Waals surface area contributed by atoms with E-state index in [2.05, 4.69) is 5.32 Å². The highest BCUT2D eigenvalue weighted by Crippen LogP contribution is 2.32. The Hall–Kier alpha value is -2.44. The third-order valence-corrected chi connectivity index (χ3v) is 4.93. The number of carbonyl (C=O) groups is 2. The van der Waals surface area contributed by atoms with Crippen LogP contribution in [0.25, 0.3) is 0 Å². The van der Waals surface area contributed by atoms with Crippen LogP contribution < -0.4 is 14.8 Å². The van der Waals surface area contributed by atoms with Crippen LogP contribution in [0.5, 0.6) is 11.5 Å². The molecule has 0 spiro atoms. The Kier molecular flexibility index (Phi) is 5.85. The number of rotatable bonds is 4. The fourth-order valence-corrected chi connectivity index (χ4v) is 3.48. The number of piperidine rings is 1. The maximum absolute atomic E-state index is 12.6. The minimum absolute atomic E-state index is 0.116. The maximum Gasteiger partial charge on any atom is 0.321 e. The van der Waals surface area contributed by atoms with Gasteiger partial charge in [-0.15, -0.1) is 0 Å². The van der Waals surface area contributed by atoms with Crippen molar-refractivity contribution in [1.29, 1.82) is 0 Å². The average molecular weight is 361 g/mol. The molecule has 7 heteroatoms. The van der Waals surface area contributed by atoms with Crippen LogP contribution in [0.15, 0.2) is 18.2 Å². The first kappa shape index (κ1) is 18.4. The fraction of sp³-hybridized carbons (Fsp3) is 0.579. The predicted octanol–water partition coefficient (Wildman–Crippen LogP) is 2.57. The molecule has 1 atom stereocenters. The van der Waals surface area contributed by atoms with Crippen LogP contribution in [0.3, 0.4) is 0 Å². The largest absolute Gasteiger partial charge is 0.486 e. The van der Waals surface area contributed by atoms with Crippen LogP contribution in [0.2, 0.25) is 0 Å². The van der Waals surface area contributed by atoms with Gasteiger partial charge in [0.25, 0.3) is 0 Å². The van der Waals surface area contributed by atoms with E-state index in [0.717, 1.165) is 12.8 Å². The quantitative estimate of drug-likeness (QED) is 0.895. The molecule has 0 bridgehead atoms. The highest BCUT2D eigenvalue weighted by molar-refractivity contribution is 5.90. The van der Waals surface area contributed by atoms with Gasteiger partial charge in [0, 0.05) is 37.9 Å². The normalized spacial score (nSPS) is 19.0. The molecule has 7 nitrogen and oxygen atoms in total. The third-order valence-electron chi connectivity index (χ3n) is 4.93. The lowest BCUT2D eigenvalue weighted by Crippen LogP contribution is -2.47. The van der Waals surface area contributed by atoms with Crippen molar-refractivity contribution in [2.45, 2.75) is 26.7 Å². The molecule has 3 rings (SSSR count). The Morgan fingerprint density at radius 2 is 1.92 bits per heavy atom. The van der Waals surface area contributed by atoms with Crippen molar-refractivity contribution in [3.63, 3.8) is 0 Å². The van der Waals surface area contributed by atoms with Gasteiger partial charge in [0.15, 0.2) is 11.5 Å². The second-order valence-corrected chi connectivity index (χ2v) is 6.58. The molecular weight excluding hydrogens is 334 g/mol. The zero-order valence-corrected chi connectivity index (χ0v) is 15.5. The van der Waals surface area contributed by atoms with E-state index in [-0.39, 0.29) is 17.9 Å². The van der Waals surface area contributed by atoms with Gasteiger partial charge in [0.05, 0.1) is 5.92 Å². The van der Waals surface area contributed by atoms with Crippen LogP contribution in [-0.2, 0) is 4.79 Å². The molecule has 1 aromatic rings. The maximum atomic E-state index is 12.6. The number of nitrogens with zero attached hydrogens (tertiary/aromatic N) is 2. The summed E-state index contributed by atoms with van der Waals surface area (Å²) in [4.78, 5) is 28.8. The summed E-state index contributed by atoms with van der Waals surface area (Å²) in [6.45, 7) is 7.54. The molecule has 2 heterocycles. The zero-order chi connectivity index (χ0) is 18.5. The van der Waals surface area contributed by atoms with Gasteiger partial charge in [0.1, 0.15) is 13.2 Å². The van der Waals surface area contributed by atoms with E-state index in [1.165, 1.54) is 0 Å². The summed E-state index contributed by atoms with van der Waals surface area (Å²) >= 11 is 0. The van der Waals surface area contributed by atoms with Gasteiger partial charge in [0.2, 0.25) is 5.91 Å². The van der Waals surface area contributed by atoms with Crippen molar-refractivity contribution in [2.24, 2.45) is 5.92 Å². The van der Waals surface area contributed by atoms with Crippen LogP contribution >= 0.6 is 0 Å². The summed E-state index contributed by atoms with van der Waals surface area (Å²) in [6, 6.07) is 5.19. The summed E-state index contributed by atoms with van der Waals surface area (Å²) in [6.07, 6.45) is 1.68. The summed E-state index contributed by atoms with van der Waals surface area (Å²) in [5.41, 5.74) is 0.663. The lowest BCUT2D eigenvalue weighted by molar-refractivity contribution is -0.136. The number of fused-ring (bicyclic) bond motifs is 1. The number of hydrogen-bond acceptors (Lipinski definition) is 4. The van der Waals surface area contributed by atoms with Gasteiger partial charge < -0.3 is 24.6 Å². The molecule has 0 aromatic heterocycles. The molecule has 1 aromatic carbocycles. The molecule has 1 fully saturated rings. The molecule has 0 aliphatic carbocycles. The van der Waals surface area contributed by atoms with Gasteiger partial charge >= 0.3 is 6.03 Å². The van der Waals surface area contributed by atoms with E-state index < -0.39 is 0 Å². The fourth-order valence-electron chi connectivity index (χ4n) is 3.48. The molecule has 1 N–H and O–H groups in total.